The van der Waals surface area contributed by atoms with E-state index in [0.29, 0.717) is 14.6 Å². The van der Waals surface area contributed by atoms with E-state index in [9.17, 15) is 14.9 Å². The normalized spacial score (nSPS) is 10.3. The Hall–Kier alpha value is -1.93. The summed E-state index contributed by atoms with van der Waals surface area (Å²) in [6, 6.07) is 8.18. The number of nitro groups is 1. The molecule has 1 N–H and O–H groups in total. The van der Waals surface area contributed by atoms with Gasteiger partial charge in [-0.15, -0.1) is 0 Å². The van der Waals surface area contributed by atoms with E-state index in [1.54, 1.807) is 0 Å². The number of aryl methyl sites for hydroxylation is 2. The summed E-state index contributed by atoms with van der Waals surface area (Å²) in [6.07, 6.45) is -0.683. The van der Waals surface area contributed by atoms with Crippen LogP contribution in [0, 0.1) is 24.0 Å². The lowest BCUT2D eigenvalue weighted by Gasteiger charge is -2.13. The molecule has 0 aliphatic carbocycles. The molecule has 23 heavy (non-hydrogen) atoms. The van der Waals surface area contributed by atoms with Crippen molar-refractivity contribution in [2.45, 2.75) is 13.8 Å². The maximum absolute atomic E-state index is 12.1. The number of halogens is 2. The third kappa shape index (κ3) is 4.08. The van der Waals surface area contributed by atoms with Crippen LogP contribution >= 0.6 is 31.9 Å². The number of nitro benzene ring substituents is 1. The number of ether oxygens (including phenoxy) is 1. The van der Waals surface area contributed by atoms with Gasteiger partial charge in [0.15, 0.2) is 5.75 Å². The maximum Gasteiger partial charge on any atom is 0.417 e. The first-order chi connectivity index (χ1) is 10.8. The highest BCUT2D eigenvalue weighted by Crippen LogP contribution is 2.37. The number of carbonyl (C=O) groups is 1. The minimum atomic E-state index is -0.683. The van der Waals surface area contributed by atoms with Crippen LogP contribution in [-0.2, 0) is 0 Å². The molecule has 0 aliphatic rings. The molecule has 0 radical (unpaired) electrons. The van der Waals surface area contributed by atoms with Gasteiger partial charge in [-0.2, -0.15) is 0 Å². The summed E-state index contributed by atoms with van der Waals surface area (Å²) in [6.45, 7) is 3.75. The second-order valence-electron chi connectivity index (χ2n) is 4.78. The zero-order valence-electron chi connectivity index (χ0n) is 12.2. The standard InChI is InChI=1S/C15H12Br2N2O4/c1-8-4-3-5-9(2)13(8)18-15(20)23-14-11(16)6-10(19(21)22)7-12(14)17/h3-7H,1-2H3,(H,18,20). The van der Waals surface area contributed by atoms with Crippen molar-refractivity contribution in [3.05, 3.63) is 60.5 Å². The van der Waals surface area contributed by atoms with Crippen molar-refractivity contribution in [2.75, 3.05) is 5.32 Å². The highest BCUT2D eigenvalue weighted by Gasteiger charge is 2.18. The molecule has 0 aromatic heterocycles. The molecule has 6 nitrogen and oxygen atoms in total. The van der Waals surface area contributed by atoms with E-state index in [1.807, 2.05) is 32.0 Å². The fourth-order valence-electron chi connectivity index (χ4n) is 1.98. The predicted octanol–water partition coefficient (Wildman–Crippen LogP) is 5.35. The number of amides is 1. The van der Waals surface area contributed by atoms with Gasteiger partial charge in [-0.1, -0.05) is 18.2 Å². The summed E-state index contributed by atoms with van der Waals surface area (Å²) in [5.74, 6) is 0.166. The summed E-state index contributed by atoms with van der Waals surface area (Å²) in [5.41, 5.74) is 2.37. The molecule has 0 saturated heterocycles. The summed E-state index contributed by atoms with van der Waals surface area (Å²) in [5, 5.41) is 13.5. The predicted molar refractivity (Wildman–Crippen MR) is 94.1 cm³/mol. The van der Waals surface area contributed by atoms with Crippen LogP contribution in [0.5, 0.6) is 5.75 Å². The molecule has 0 atom stereocenters. The minimum Gasteiger partial charge on any atom is -0.408 e. The van der Waals surface area contributed by atoms with Crippen LogP contribution in [-0.4, -0.2) is 11.0 Å². The first-order valence-corrected chi connectivity index (χ1v) is 8.06. The Morgan fingerprint density at radius 1 is 1.17 bits per heavy atom. The highest BCUT2D eigenvalue weighted by molar-refractivity contribution is 9.11. The van der Waals surface area contributed by atoms with E-state index in [4.69, 9.17) is 4.74 Å². The van der Waals surface area contributed by atoms with Gasteiger partial charge in [-0.05, 0) is 56.8 Å². The van der Waals surface area contributed by atoms with Crippen LogP contribution in [0.15, 0.2) is 39.3 Å². The monoisotopic (exact) mass is 442 g/mol. The van der Waals surface area contributed by atoms with Crippen molar-refractivity contribution in [3.63, 3.8) is 0 Å². The van der Waals surface area contributed by atoms with Gasteiger partial charge in [0, 0.05) is 17.8 Å². The molecule has 0 heterocycles. The van der Waals surface area contributed by atoms with Crippen LogP contribution in [0.2, 0.25) is 0 Å². The van der Waals surface area contributed by atoms with Crippen LogP contribution in [0.3, 0.4) is 0 Å². The molecular formula is C15H12Br2N2O4. The molecule has 1 amide bonds. The van der Waals surface area contributed by atoms with E-state index >= 15 is 0 Å². The molecule has 2 aromatic carbocycles. The van der Waals surface area contributed by atoms with Gasteiger partial charge in [0.25, 0.3) is 5.69 Å². The number of nitrogens with zero attached hydrogens (tertiary/aromatic N) is 1. The van der Waals surface area contributed by atoms with Gasteiger partial charge < -0.3 is 4.74 Å². The number of hydrogen-bond acceptors (Lipinski definition) is 4. The Morgan fingerprint density at radius 3 is 2.17 bits per heavy atom. The fraction of sp³-hybridized carbons (Fsp3) is 0.133. The van der Waals surface area contributed by atoms with Crippen molar-refractivity contribution >= 4 is 49.3 Å². The number of anilines is 1. The second kappa shape index (κ2) is 7.10. The number of nitrogens with one attached hydrogen (secondary N) is 1. The quantitative estimate of drug-likeness (QED) is 0.512. The van der Waals surface area contributed by atoms with Gasteiger partial charge >= 0.3 is 6.09 Å². The van der Waals surface area contributed by atoms with Crippen molar-refractivity contribution in [2.24, 2.45) is 0 Å². The van der Waals surface area contributed by atoms with Crippen LogP contribution < -0.4 is 10.1 Å². The van der Waals surface area contributed by atoms with Crippen molar-refractivity contribution in [1.82, 2.24) is 0 Å². The minimum absolute atomic E-state index is 0.119. The van der Waals surface area contributed by atoms with Gasteiger partial charge in [0.1, 0.15) is 0 Å². The van der Waals surface area contributed by atoms with Gasteiger partial charge in [-0.3, -0.25) is 15.4 Å². The molecule has 8 heteroatoms. The molecule has 0 aliphatic heterocycles. The van der Waals surface area contributed by atoms with Crippen LogP contribution in [0.4, 0.5) is 16.2 Å². The summed E-state index contributed by atoms with van der Waals surface area (Å²) >= 11 is 6.34. The van der Waals surface area contributed by atoms with E-state index in [-0.39, 0.29) is 11.4 Å². The topological polar surface area (TPSA) is 81.5 Å². The number of rotatable bonds is 3. The van der Waals surface area contributed by atoms with Crippen molar-refractivity contribution in [1.29, 1.82) is 0 Å². The van der Waals surface area contributed by atoms with E-state index in [1.165, 1.54) is 12.1 Å². The first kappa shape index (κ1) is 17.4. The molecular weight excluding hydrogens is 432 g/mol. The zero-order chi connectivity index (χ0) is 17.1. The van der Waals surface area contributed by atoms with Gasteiger partial charge in [0.05, 0.1) is 13.9 Å². The molecule has 0 unspecified atom stereocenters. The van der Waals surface area contributed by atoms with E-state index in [2.05, 4.69) is 37.2 Å². The Balaban J connectivity index is 2.23. The fourth-order valence-corrected chi connectivity index (χ4v) is 3.31. The Morgan fingerprint density at radius 2 is 1.70 bits per heavy atom. The van der Waals surface area contributed by atoms with Crippen LogP contribution in [0.25, 0.3) is 0 Å². The number of para-hydroxylation sites is 1. The number of hydrogen-bond donors (Lipinski definition) is 1. The highest BCUT2D eigenvalue weighted by atomic mass is 79.9. The van der Waals surface area contributed by atoms with Crippen molar-refractivity contribution in [3.8, 4) is 5.75 Å². The lowest BCUT2D eigenvalue weighted by Crippen LogP contribution is -2.18. The number of carbonyl (C=O) groups excluding carboxylic acids is 1. The van der Waals surface area contributed by atoms with E-state index < -0.39 is 11.0 Å². The second-order valence-corrected chi connectivity index (χ2v) is 6.49. The third-order valence-electron chi connectivity index (χ3n) is 3.10. The Bertz CT molecular complexity index is 750. The Kier molecular flexibility index (Phi) is 5.38. The molecule has 0 spiro atoms. The van der Waals surface area contributed by atoms with Gasteiger partial charge in [0.2, 0.25) is 0 Å². The molecule has 0 bridgehead atoms. The summed E-state index contributed by atoms with van der Waals surface area (Å²) in [7, 11) is 0. The lowest BCUT2D eigenvalue weighted by atomic mass is 10.1. The molecule has 0 saturated carbocycles. The third-order valence-corrected chi connectivity index (χ3v) is 4.27. The lowest BCUT2D eigenvalue weighted by molar-refractivity contribution is -0.385. The first-order valence-electron chi connectivity index (χ1n) is 6.48. The van der Waals surface area contributed by atoms with Gasteiger partial charge in [-0.25, -0.2) is 4.79 Å². The smallest absolute Gasteiger partial charge is 0.408 e. The van der Waals surface area contributed by atoms with Crippen molar-refractivity contribution < 1.29 is 14.5 Å². The van der Waals surface area contributed by atoms with Crippen LogP contribution in [0.1, 0.15) is 11.1 Å². The number of benzene rings is 2. The largest absolute Gasteiger partial charge is 0.417 e. The average Bonchev–Trinajstić information content (AvgIpc) is 2.46. The molecule has 120 valence electrons. The average molecular weight is 444 g/mol. The molecule has 2 rings (SSSR count). The maximum atomic E-state index is 12.1. The molecule has 0 fully saturated rings. The SMILES string of the molecule is Cc1cccc(C)c1NC(=O)Oc1c(Br)cc([N+](=O)[O-])cc1Br. The molecule has 2 aromatic rings. The summed E-state index contributed by atoms with van der Waals surface area (Å²) < 4.78 is 5.86. The Labute approximate surface area is 149 Å². The zero-order valence-corrected chi connectivity index (χ0v) is 15.4. The number of non-ortho nitro benzene ring substituents is 1. The summed E-state index contributed by atoms with van der Waals surface area (Å²) in [4.78, 5) is 22.4. The van der Waals surface area contributed by atoms with E-state index in [0.717, 1.165) is 11.1 Å².